The van der Waals surface area contributed by atoms with Gasteiger partial charge in [0.1, 0.15) is 12.3 Å². The first kappa shape index (κ1) is 20.0. The number of para-hydroxylation sites is 1. The van der Waals surface area contributed by atoms with Crippen molar-refractivity contribution in [2.24, 2.45) is 0 Å². The van der Waals surface area contributed by atoms with E-state index in [9.17, 15) is 14.4 Å². The Morgan fingerprint density at radius 2 is 2.00 bits per heavy atom. The number of imide groups is 1. The van der Waals surface area contributed by atoms with Gasteiger partial charge in [0.25, 0.3) is 11.1 Å². The minimum Gasteiger partial charge on any atom is -0.493 e. The summed E-state index contributed by atoms with van der Waals surface area (Å²) in [6, 6.07) is 13.9. The number of anilines is 1. The predicted octanol–water partition coefficient (Wildman–Crippen LogP) is 4.41. The summed E-state index contributed by atoms with van der Waals surface area (Å²) in [7, 11) is 0. The van der Waals surface area contributed by atoms with Crippen LogP contribution >= 0.6 is 23.4 Å². The van der Waals surface area contributed by atoms with E-state index >= 15 is 0 Å². The number of nitrogens with one attached hydrogen (secondary N) is 1. The van der Waals surface area contributed by atoms with Crippen molar-refractivity contribution in [3.05, 3.63) is 64.0 Å². The van der Waals surface area contributed by atoms with E-state index in [0.29, 0.717) is 28.6 Å². The molecule has 2 aromatic carbocycles. The highest BCUT2D eigenvalue weighted by atomic mass is 35.5. The lowest BCUT2D eigenvalue weighted by Gasteiger charge is -2.12. The maximum absolute atomic E-state index is 12.6. The third-order valence-corrected chi connectivity index (χ3v) is 4.93. The molecule has 8 heteroatoms. The molecule has 1 aliphatic heterocycles. The molecule has 0 spiro atoms. The van der Waals surface area contributed by atoms with Crippen LogP contribution in [0, 0.1) is 0 Å². The highest BCUT2D eigenvalue weighted by Gasteiger charge is 2.36. The molecule has 0 radical (unpaired) electrons. The van der Waals surface area contributed by atoms with Crippen LogP contribution < -0.4 is 10.1 Å². The molecule has 28 heavy (non-hydrogen) atoms. The van der Waals surface area contributed by atoms with E-state index in [2.05, 4.69) is 5.32 Å². The van der Waals surface area contributed by atoms with Gasteiger partial charge in [-0.25, -0.2) is 0 Å². The Morgan fingerprint density at radius 1 is 1.21 bits per heavy atom. The third kappa shape index (κ3) is 4.74. The van der Waals surface area contributed by atoms with E-state index in [1.54, 1.807) is 42.5 Å². The van der Waals surface area contributed by atoms with Crippen molar-refractivity contribution < 1.29 is 19.1 Å². The number of hydrogen-bond donors (Lipinski definition) is 1. The maximum Gasteiger partial charge on any atom is 0.294 e. The molecule has 3 rings (SSSR count). The number of ether oxygens (including phenoxy) is 1. The van der Waals surface area contributed by atoms with Gasteiger partial charge in [-0.1, -0.05) is 35.9 Å². The third-order valence-electron chi connectivity index (χ3n) is 3.79. The number of carbonyl (C=O) groups excluding carboxylic acids is 3. The summed E-state index contributed by atoms with van der Waals surface area (Å²) in [5.41, 5.74) is 1.18. The Morgan fingerprint density at radius 3 is 2.75 bits per heavy atom. The van der Waals surface area contributed by atoms with Crippen molar-refractivity contribution >= 4 is 52.2 Å². The first-order valence-corrected chi connectivity index (χ1v) is 9.70. The maximum atomic E-state index is 12.6. The van der Waals surface area contributed by atoms with Gasteiger partial charge in [-0.2, -0.15) is 0 Å². The standard InChI is InChI=1S/C20H17ClN2O4S/c1-2-27-16-9-4-3-6-13(16)10-17-19(25)23(20(26)28-17)12-18(24)22-15-8-5-7-14(21)11-15/h3-11H,2,12H2,1H3,(H,22,24)/b17-10+. The molecule has 1 heterocycles. The van der Waals surface area contributed by atoms with Crippen molar-refractivity contribution in [2.75, 3.05) is 18.5 Å². The van der Waals surface area contributed by atoms with Crippen LogP contribution in [0.5, 0.6) is 5.75 Å². The van der Waals surface area contributed by atoms with E-state index in [1.165, 1.54) is 0 Å². The molecular weight excluding hydrogens is 400 g/mol. The second-order valence-electron chi connectivity index (χ2n) is 5.80. The number of thioether (sulfide) groups is 1. The Bertz CT molecular complexity index is 961. The molecule has 0 atom stereocenters. The molecular formula is C20H17ClN2O4S. The van der Waals surface area contributed by atoms with Gasteiger partial charge in [0.2, 0.25) is 5.91 Å². The van der Waals surface area contributed by atoms with Gasteiger partial charge in [-0.15, -0.1) is 0 Å². The van der Waals surface area contributed by atoms with Gasteiger partial charge < -0.3 is 10.1 Å². The average molecular weight is 417 g/mol. The van der Waals surface area contributed by atoms with Crippen LogP contribution in [-0.2, 0) is 9.59 Å². The lowest BCUT2D eigenvalue weighted by Crippen LogP contribution is -2.36. The van der Waals surface area contributed by atoms with Gasteiger partial charge in [-0.05, 0) is 49.0 Å². The summed E-state index contributed by atoms with van der Waals surface area (Å²) in [5, 5.41) is 2.60. The summed E-state index contributed by atoms with van der Waals surface area (Å²) >= 11 is 6.68. The van der Waals surface area contributed by atoms with Crippen molar-refractivity contribution in [1.29, 1.82) is 0 Å². The van der Waals surface area contributed by atoms with Crippen molar-refractivity contribution in [1.82, 2.24) is 4.90 Å². The van der Waals surface area contributed by atoms with E-state index in [-0.39, 0.29) is 11.4 Å². The SMILES string of the molecule is CCOc1ccccc1/C=C1/SC(=O)N(CC(=O)Nc2cccc(Cl)c2)C1=O. The van der Waals surface area contributed by atoms with E-state index in [4.69, 9.17) is 16.3 Å². The topological polar surface area (TPSA) is 75.7 Å². The Kier molecular flexibility index (Phi) is 6.38. The molecule has 1 fully saturated rings. The van der Waals surface area contributed by atoms with E-state index in [0.717, 1.165) is 16.7 Å². The van der Waals surface area contributed by atoms with Crippen LogP contribution in [0.1, 0.15) is 12.5 Å². The summed E-state index contributed by atoms with van der Waals surface area (Å²) in [6.45, 7) is 1.97. The van der Waals surface area contributed by atoms with Crippen LogP contribution in [0.15, 0.2) is 53.4 Å². The lowest BCUT2D eigenvalue weighted by atomic mass is 10.2. The number of carbonyl (C=O) groups is 3. The van der Waals surface area contributed by atoms with Gasteiger partial charge in [0, 0.05) is 16.3 Å². The molecule has 6 nitrogen and oxygen atoms in total. The van der Waals surface area contributed by atoms with Gasteiger partial charge in [0.05, 0.1) is 11.5 Å². The van der Waals surface area contributed by atoms with Gasteiger partial charge >= 0.3 is 0 Å². The molecule has 1 N–H and O–H groups in total. The molecule has 0 bridgehead atoms. The zero-order valence-corrected chi connectivity index (χ0v) is 16.5. The number of nitrogens with zero attached hydrogens (tertiary/aromatic N) is 1. The number of hydrogen-bond acceptors (Lipinski definition) is 5. The van der Waals surface area contributed by atoms with Crippen LogP contribution in [0.25, 0.3) is 6.08 Å². The monoisotopic (exact) mass is 416 g/mol. The summed E-state index contributed by atoms with van der Waals surface area (Å²) in [6.07, 6.45) is 1.60. The highest BCUT2D eigenvalue weighted by molar-refractivity contribution is 8.18. The van der Waals surface area contributed by atoms with E-state index in [1.807, 2.05) is 19.1 Å². The quantitative estimate of drug-likeness (QED) is 0.706. The predicted molar refractivity (Wildman–Crippen MR) is 110 cm³/mol. The first-order chi connectivity index (χ1) is 13.5. The minimum absolute atomic E-state index is 0.243. The summed E-state index contributed by atoms with van der Waals surface area (Å²) < 4.78 is 5.54. The fourth-order valence-electron chi connectivity index (χ4n) is 2.57. The largest absolute Gasteiger partial charge is 0.493 e. The molecule has 2 aromatic rings. The fourth-order valence-corrected chi connectivity index (χ4v) is 3.59. The van der Waals surface area contributed by atoms with Crippen LogP contribution in [0.2, 0.25) is 5.02 Å². The van der Waals surface area contributed by atoms with Crippen molar-refractivity contribution in [3.63, 3.8) is 0 Å². The van der Waals surface area contributed by atoms with Gasteiger partial charge in [0.15, 0.2) is 0 Å². The van der Waals surface area contributed by atoms with Crippen LogP contribution in [-0.4, -0.2) is 35.1 Å². The average Bonchev–Trinajstić information content (AvgIpc) is 2.91. The van der Waals surface area contributed by atoms with Gasteiger partial charge in [-0.3, -0.25) is 19.3 Å². The zero-order valence-electron chi connectivity index (χ0n) is 15.0. The number of amides is 3. The van der Waals surface area contributed by atoms with Crippen molar-refractivity contribution in [2.45, 2.75) is 6.92 Å². The Balaban J connectivity index is 1.72. The number of benzene rings is 2. The summed E-state index contributed by atoms with van der Waals surface area (Å²) in [5.74, 6) is -0.376. The minimum atomic E-state index is -0.512. The molecule has 1 aliphatic rings. The lowest BCUT2D eigenvalue weighted by molar-refractivity contribution is -0.127. The molecule has 144 valence electrons. The second-order valence-corrected chi connectivity index (χ2v) is 7.23. The van der Waals surface area contributed by atoms with Crippen LogP contribution in [0.4, 0.5) is 10.5 Å². The Hall–Kier alpha value is -2.77. The first-order valence-electron chi connectivity index (χ1n) is 8.50. The molecule has 0 saturated carbocycles. The normalized spacial score (nSPS) is 15.2. The molecule has 0 unspecified atom stereocenters. The van der Waals surface area contributed by atoms with Crippen molar-refractivity contribution in [3.8, 4) is 5.75 Å². The molecule has 0 aromatic heterocycles. The second kappa shape index (κ2) is 8.95. The Labute approximate surface area is 171 Å². The van der Waals surface area contributed by atoms with Crippen LogP contribution in [0.3, 0.4) is 0 Å². The highest BCUT2D eigenvalue weighted by Crippen LogP contribution is 2.33. The fraction of sp³-hybridized carbons (Fsp3) is 0.150. The summed E-state index contributed by atoms with van der Waals surface area (Å²) in [4.78, 5) is 38.2. The molecule has 1 saturated heterocycles. The number of halogens is 1. The van der Waals surface area contributed by atoms with E-state index < -0.39 is 17.1 Å². The molecule has 0 aliphatic carbocycles. The smallest absolute Gasteiger partial charge is 0.294 e. The zero-order chi connectivity index (χ0) is 20.1. The number of rotatable bonds is 6. The molecule has 3 amide bonds.